The van der Waals surface area contributed by atoms with E-state index in [2.05, 4.69) is 29.2 Å². The summed E-state index contributed by atoms with van der Waals surface area (Å²) in [5, 5.41) is 0. The molecule has 19 heavy (non-hydrogen) atoms. The average molecular weight is 258 g/mol. The molecule has 102 valence electrons. The lowest BCUT2D eigenvalue weighted by molar-refractivity contribution is -0.134. The largest absolute Gasteiger partial charge is 0.334 e. The number of rotatable bonds is 3. The summed E-state index contributed by atoms with van der Waals surface area (Å²) < 4.78 is 0. The number of hydrogen-bond donors (Lipinski definition) is 1. The lowest BCUT2D eigenvalue weighted by atomic mass is 10.0. The molecule has 1 aliphatic heterocycles. The van der Waals surface area contributed by atoms with Gasteiger partial charge in [0.05, 0.1) is 12.1 Å². The van der Waals surface area contributed by atoms with E-state index >= 15 is 0 Å². The van der Waals surface area contributed by atoms with Crippen LogP contribution in [0.3, 0.4) is 0 Å². The molecule has 0 spiro atoms. The highest BCUT2D eigenvalue weighted by molar-refractivity contribution is 5.82. The molecule has 2 atom stereocenters. The predicted octanol–water partition coefficient (Wildman–Crippen LogP) is 2.48. The van der Waals surface area contributed by atoms with E-state index in [1.165, 1.54) is 18.4 Å². The molecule has 3 heteroatoms. The molecule has 1 aliphatic carbocycles. The zero-order chi connectivity index (χ0) is 13.2. The number of carbonyl (C=O) groups is 1. The van der Waals surface area contributed by atoms with Crippen molar-refractivity contribution in [2.75, 3.05) is 6.54 Å². The molecule has 0 bridgehead atoms. The van der Waals surface area contributed by atoms with E-state index in [1.807, 2.05) is 6.07 Å². The van der Waals surface area contributed by atoms with Gasteiger partial charge in [-0.15, -0.1) is 0 Å². The Labute approximate surface area is 114 Å². The number of nitrogens with zero attached hydrogens (tertiary/aromatic N) is 1. The van der Waals surface area contributed by atoms with E-state index < -0.39 is 0 Å². The number of hydrogen-bond acceptors (Lipinski definition) is 2. The van der Waals surface area contributed by atoms with Crippen LogP contribution in [0, 0.1) is 5.92 Å². The van der Waals surface area contributed by atoms with Crippen LogP contribution in [-0.4, -0.2) is 23.4 Å². The summed E-state index contributed by atoms with van der Waals surface area (Å²) in [5.41, 5.74) is 7.27. The van der Waals surface area contributed by atoms with Gasteiger partial charge in [-0.2, -0.15) is 0 Å². The normalized spacial score (nSPS) is 28.3. The minimum absolute atomic E-state index is 0.151. The first kappa shape index (κ1) is 12.7. The molecule has 3 nitrogen and oxygen atoms in total. The van der Waals surface area contributed by atoms with Crippen molar-refractivity contribution in [2.45, 2.75) is 44.2 Å². The smallest absolute Gasteiger partial charge is 0.240 e. The molecule has 1 heterocycles. The zero-order valence-electron chi connectivity index (χ0n) is 11.3. The highest BCUT2D eigenvalue weighted by Gasteiger charge is 2.35. The number of likely N-dealkylation sites (tertiary alicyclic amines) is 1. The third-order valence-corrected chi connectivity index (χ3v) is 4.31. The SMILES string of the molecule is N[C@H]1CCC[C@@H](c2ccccc2)N(CC2CC2)C1=O. The van der Waals surface area contributed by atoms with Gasteiger partial charge in [0.2, 0.25) is 5.91 Å². The highest BCUT2D eigenvalue weighted by atomic mass is 16.2. The first-order chi connectivity index (χ1) is 9.25. The Morgan fingerprint density at radius 3 is 2.53 bits per heavy atom. The predicted molar refractivity (Wildman–Crippen MR) is 75.4 cm³/mol. The van der Waals surface area contributed by atoms with Crippen molar-refractivity contribution < 1.29 is 4.79 Å². The molecule has 2 aliphatic rings. The van der Waals surface area contributed by atoms with Gasteiger partial charge in [0.25, 0.3) is 0 Å². The van der Waals surface area contributed by atoms with Crippen LogP contribution in [-0.2, 0) is 4.79 Å². The summed E-state index contributed by atoms with van der Waals surface area (Å²) >= 11 is 0. The van der Waals surface area contributed by atoms with Crippen LogP contribution in [0.2, 0.25) is 0 Å². The first-order valence-corrected chi connectivity index (χ1v) is 7.36. The van der Waals surface area contributed by atoms with Crippen LogP contribution in [0.15, 0.2) is 30.3 Å². The number of nitrogens with two attached hydrogens (primary N) is 1. The summed E-state index contributed by atoms with van der Waals surface area (Å²) in [6, 6.07) is 10.3. The van der Waals surface area contributed by atoms with E-state index in [4.69, 9.17) is 5.73 Å². The van der Waals surface area contributed by atoms with Crippen LogP contribution in [0.4, 0.5) is 0 Å². The van der Waals surface area contributed by atoms with Crippen molar-refractivity contribution in [2.24, 2.45) is 11.7 Å². The van der Waals surface area contributed by atoms with Crippen LogP contribution in [0.1, 0.15) is 43.7 Å². The minimum Gasteiger partial charge on any atom is -0.334 e. The van der Waals surface area contributed by atoms with Crippen LogP contribution < -0.4 is 5.73 Å². The monoisotopic (exact) mass is 258 g/mol. The van der Waals surface area contributed by atoms with Crippen LogP contribution >= 0.6 is 0 Å². The molecule has 2 fully saturated rings. The van der Waals surface area contributed by atoms with Crippen molar-refractivity contribution >= 4 is 5.91 Å². The molecular formula is C16H22N2O. The Balaban J connectivity index is 1.87. The molecule has 1 saturated heterocycles. The molecule has 0 aromatic heterocycles. The van der Waals surface area contributed by atoms with Crippen molar-refractivity contribution in [3.8, 4) is 0 Å². The quantitative estimate of drug-likeness (QED) is 0.905. The molecule has 1 saturated carbocycles. The summed E-state index contributed by atoms with van der Waals surface area (Å²) in [4.78, 5) is 14.6. The van der Waals surface area contributed by atoms with E-state index in [0.717, 1.165) is 25.8 Å². The van der Waals surface area contributed by atoms with Gasteiger partial charge in [0.1, 0.15) is 0 Å². The van der Waals surface area contributed by atoms with Gasteiger partial charge in [0.15, 0.2) is 0 Å². The van der Waals surface area contributed by atoms with Gasteiger partial charge < -0.3 is 10.6 Å². The standard InChI is InChI=1S/C16H22N2O/c17-14-7-4-8-15(13-5-2-1-3-6-13)18(16(14)19)11-12-9-10-12/h1-3,5-6,12,14-15H,4,7-11,17H2/t14-,15-/m0/s1. The van der Waals surface area contributed by atoms with Gasteiger partial charge >= 0.3 is 0 Å². The van der Waals surface area contributed by atoms with E-state index in [-0.39, 0.29) is 18.0 Å². The molecule has 0 unspecified atom stereocenters. The lowest BCUT2D eigenvalue weighted by Crippen LogP contribution is -2.44. The number of carbonyl (C=O) groups excluding carboxylic acids is 1. The Morgan fingerprint density at radius 1 is 1.11 bits per heavy atom. The first-order valence-electron chi connectivity index (χ1n) is 7.36. The third-order valence-electron chi connectivity index (χ3n) is 4.31. The molecule has 1 aromatic carbocycles. The van der Waals surface area contributed by atoms with Crippen molar-refractivity contribution in [1.82, 2.24) is 4.90 Å². The van der Waals surface area contributed by atoms with Crippen LogP contribution in [0.25, 0.3) is 0 Å². The second kappa shape index (κ2) is 5.33. The van der Waals surface area contributed by atoms with Gasteiger partial charge in [0, 0.05) is 6.54 Å². The second-order valence-electron chi connectivity index (χ2n) is 5.90. The topological polar surface area (TPSA) is 46.3 Å². The van der Waals surface area contributed by atoms with Crippen molar-refractivity contribution in [3.05, 3.63) is 35.9 Å². The maximum absolute atomic E-state index is 12.5. The third kappa shape index (κ3) is 2.81. The maximum atomic E-state index is 12.5. The molecule has 3 rings (SSSR count). The van der Waals surface area contributed by atoms with Crippen molar-refractivity contribution in [1.29, 1.82) is 0 Å². The van der Waals surface area contributed by atoms with Gasteiger partial charge in [-0.3, -0.25) is 4.79 Å². The lowest BCUT2D eigenvalue weighted by Gasteiger charge is -2.31. The molecule has 1 amide bonds. The fourth-order valence-electron chi connectivity index (χ4n) is 2.99. The van der Waals surface area contributed by atoms with Crippen molar-refractivity contribution in [3.63, 3.8) is 0 Å². The highest BCUT2D eigenvalue weighted by Crippen LogP contribution is 2.36. The molecule has 1 aromatic rings. The fourth-order valence-corrected chi connectivity index (χ4v) is 2.99. The molecule has 0 radical (unpaired) electrons. The Hall–Kier alpha value is -1.35. The van der Waals surface area contributed by atoms with Gasteiger partial charge in [-0.05, 0) is 43.6 Å². The Morgan fingerprint density at radius 2 is 1.84 bits per heavy atom. The maximum Gasteiger partial charge on any atom is 0.240 e. The fraction of sp³-hybridized carbons (Fsp3) is 0.562. The summed E-state index contributed by atoms with van der Waals surface area (Å²) in [5.74, 6) is 0.860. The van der Waals surface area contributed by atoms with E-state index in [0.29, 0.717) is 5.92 Å². The summed E-state index contributed by atoms with van der Waals surface area (Å²) in [7, 11) is 0. The Bertz CT molecular complexity index is 441. The minimum atomic E-state index is -0.299. The Kier molecular flexibility index (Phi) is 3.56. The van der Waals surface area contributed by atoms with E-state index in [1.54, 1.807) is 0 Å². The second-order valence-corrected chi connectivity index (χ2v) is 5.90. The molecular weight excluding hydrogens is 236 g/mol. The summed E-state index contributed by atoms with van der Waals surface area (Å²) in [6.45, 7) is 0.895. The molecule has 2 N–H and O–H groups in total. The van der Waals surface area contributed by atoms with E-state index in [9.17, 15) is 4.79 Å². The summed E-state index contributed by atoms with van der Waals surface area (Å²) in [6.07, 6.45) is 5.42. The average Bonchev–Trinajstić information content (AvgIpc) is 3.26. The van der Waals surface area contributed by atoms with Crippen LogP contribution in [0.5, 0.6) is 0 Å². The number of benzene rings is 1. The van der Waals surface area contributed by atoms with Gasteiger partial charge in [-0.25, -0.2) is 0 Å². The zero-order valence-corrected chi connectivity index (χ0v) is 11.3. The van der Waals surface area contributed by atoms with Gasteiger partial charge in [-0.1, -0.05) is 30.3 Å². The number of amides is 1.